The lowest BCUT2D eigenvalue weighted by Gasteiger charge is -2.37. The van der Waals surface area contributed by atoms with E-state index < -0.39 is 0 Å². The summed E-state index contributed by atoms with van der Waals surface area (Å²) < 4.78 is 0. The summed E-state index contributed by atoms with van der Waals surface area (Å²) in [7, 11) is 0. The molecule has 1 aliphatic carbocycles. The fourth-order valence-corrected chi connectivity index (χ4v) is 3.63. The van der Waals surface area contributed by atoms with Crippen molar-refractivity contribution in [2.45, 2.75) is 46.2 Å². The summed E-state index contributed by atoms with van der Waals surface area (Å²) in [5.74, 6) is 1.03. The highest BCUT2D eigenvalue weighted by molar-refractivity contribution is 5.82. The normalized spacial score (nSPS) is 30.8. The minimum atomic E-state index is 0.224. The Morgan fingerprint density at radius 2 is 2.00 bits per heavy atom. The molecule has 1 heterocycles. The van der Waals surface area contributed by atoms with Crippen molar-refractivity contribution in [1.82, 2.24) is 10.2 Å². The molecule has 3 unspecified atom stereocenters. The highest BCUT2D eigenvalue weighted by Crippen LogP contribution is 2.51. The third-order valence-corrected chi connectivity index (χ3v) is 5.40. The molecule has 22 heavy (non-hydrogen) atoms. The van der Waals surface area contributed by atoms with Crippen LogP contribution in [0.25, 0.3) is 0 Å². The molecule has 1 aliphatic heterocycles. The minimum absolute atomic E-state index is 0.224. The number of rotatable bonds is 4. The van der Waals surface area contributed by atoms with Crippen LogP contribution in [0.3, 0.4) is 0 Å². The van der Waals surface area contributed by atoms with Crippen molar-refractivity contribution in [2.24, 2.45) is 17.3 Å². The van der Waals surface area contributed by atoms with Crippen LogP contribution in [0.4, 0.5) is 0 Å². The largest absolute Gasteiger partial charge is 0.353 e. The van der Waals surface area contributed by atoms with Gasteiger partial charge >= 0.3 is 0 Å². The Labute approximate surface area is 134 Å². The van der Waals surface area contributed by atoms with Crippen LogP contribution in [-0.2, 0) is 11.3 Å². The molecule has 3 atom stereocenters. The van der Waals surface area contributed by atoms with Gasteiger partial charge in [0.15, 0.2) is 0 Å². The first-order valence-electron chi connectivity index (χ1n) is 8.52. The van der Waals surface area contributed by atoms with Crippen molar-refractivity contribution in [2.75, 3.05) is 13.1 Å². The van der Waals surface area contributed by atoms with Crippen molar-refractivity contribution in [1.29, 1.82) is 0 Å². The van der Waals surface area contributed by atoms with Crippen molar-refractivity contribution in [3.8, 4) is 0 Å². The Balaban J connectivity index is 1.49. The van der Waals surface area contributed by atoms with Crippen molar-refractivity contribution in [3.63, 3.8) is 0 Å². The topological polar surface area (TPSA) is 32.3 Å². The maximum absolute atomic E-state index is 12.3. The first-order chi connectivity index (χ1) is 10.5. The lowest BCUT2D eigenvalue weighted by Crippen LogP contribution is -2.50. The van der Waals surface area contributed by atoms with Gasteiger partial charge in [0.2, 0.25) is 5.91 Å². The summed E-state index contributed by atoms with van der Waals surface area (Å²) in [4.78, 5) is 14.8. The number of hydrogen-bond acceptors (Lipinski definition) is 2. The summed E-state index contributed by atoms with van der Waals surface area (Å²) in [6, 6.07) is 11.0. The van der Waals surface area contributed by atoms with E-state index in [2.05, 4.69) is 61.3 Å². The summed E-state index contributed by atoms with van der Waals surface area (Å²) in [6.45, 7) is 9.78. The second-order valence-electron chi connectivity index (χ2n) is 7.85. The Hall–Kier alpha value is -1.35. The number of nitrogens with one attached hydrogen (secondary N) is 1. The fourth-order valence-electron chi connectivity index (χ4n) is 3.63. The van der Waals surface area contributed by atoms with E-state index in [1.165, 1.54) is 5.56 Å². The van der Waals surface area contributed by atoms with Gasteiger partial charge in [-0.05, 0) is 29.7 Å². The van der Waals surface area contributed by atoms with Gasteiger partial charge in [-0.15, -0.1) is 0 Å². The smallest absolute Gasteiger partial charge is 0.223 e. The van der Waals surface area contributed by atoms with Crippen LogP contribution >= 0.6 is 0 Å². The standard InChI is InChI=1S/C19H28N2O/c1-14-12-21(13-15-7-5-4-6-8-15)10-9-17(14)20-18(22)16-11-19(16,2)3/h4-8,14,16-17H,9-13H2,1-3H3,(H,20,22). The van der Waals surface area contributed by atoms with E-state index >= 15 is 0 Å². The second kappa shape index (κ2) is 6.04. The average Bonchev–Trinajstić information content (AvgIpc) is 3.12. The first-order valence-corrected chi connectivity index (χ1v) is 8.52. The van der Waals surface area contributed by atoms with Gasteiger partial charge in [-0.1, -0.05) is 51.1 Å². The molecule has 1 saturated carbocycles. The Kier molecular flexibility index (Phi) is 4.26. The minimum Gasteiger partial charge on any atom is -0.353 e. The molecule has 1 amide bonds. The molecule has 2 fully saturated rings. The molecule has 3 nitrogen and oxygen atoms in total. The van der Waals surface area contributed by atoms with Crippen LogP contribution in [0, 0.1) is 17.3 Å². The number of benzene rings is 1. The van der Waals surface area contributed by atoms with Gasteiger partial charge in [-0.3, -0.25) is 9.69 Å². The van der Waals surface area contributed by atoms with Crippen molar-refractivity contribution >= 4 is 5.91 Å². The molecule has 1 aromatic carbocycles. The highest BCUT2D eigenvalue weighted by Gasteiger charge is 2.51. The quantitative estimate of drug-likeness (QED) is 0.927. The van der Waals surface area contributed by atoms with Crippen LogP contribution in [0.2, 0.25) is 0 Å². The molecule has 120 valence electrons. The summed E-state index contributed by atoms with van der Waals surface area (Å²) in [5, 5.41) is 3.31. The molecule has 3 heteroatoms. The van der Waals surface area contributed by atoms with Crippen LogP contribution in [-0.4, -0.2) is 29.9 Å². The van der Waals surface area contributed by atoms with Crippen LogP contribution in [0.5, 0.6) is 0 Å². The Morgan fingerprint density at radius 3 is 2.59 bits per heavy atom. The molecule has 1 saturated heterocycles. The van der Waals surface area contributed by atoms with E-state index in [1.54, 1.807) is 0 Å². The van der Waals surface area contributed by atoms with Gasteiger partial charge in [-0.25, -0.2) is 0 Å². The van der Waals surface area contributed by atoms with E-state index in [4.69, 9.17) is 0 Å². The maximum Gasteiger partial charge on any atom is 0.223 e. The molecule has 0 spiro atoms. The monoisotopic (exact) mass is 300 g/mol. The Morgan fingerprint density at radius 1 is 1.32 bits per heavy atom. The Bertz CT molecular complexity index is 525. The summed E-state index contributed by atoms with van der Waals surface area (Å²) in [6.07, 6.45) is 2.10. The molecule has 1 aromatic rings. The molecule has 0 aromatic heterocycles. The second-order valence-corrected chi connectivity index (χ2v) is 7.85. The van der Waals surface area contributed by atoms with Gasteiger partial charge in [0.05, 0.1) is 0 Å². The van der Waals surface area contributed by atoms with Gasteiger partial charge in [-0.2, -0.15) is 0 Å². The molecule has 0 radical (unpaired) electrons. The number of carbonyl (C=O) groups excluding carboxylic acids is 1. The van der Waals surface area contributed by atoms with Crippen LogP contribution < -0.4 is 5.32 Å². The van der Waals surface area contributed by atoms with Gasteiger partial charge < -0.3 is 5.32 Å². The van der Waals surface area contributed by atoms with E-state index in [-0.39, 0.29) is 17.2 Å². The third kappa shape index (κ3) is 3.52. The van der Waals surface area contributed by atoms with Crippen LogP contribution in [0.15, 0.2) is 30.3 Å². The average molecular weight is 300 g/mol. The molecular weight excluding hydrogens is 272 g/mol. The van der Waals surface area contributed by atoms with Gasteiger partial charge in [0, 0.05) is 31.6 Å². The van der Waals surface area contributed by atoms with Crippen molar-refractivity contribution < 1.29 is 4.79 Å². The number of likely N-dealkylation sites (tertiary alicyclic amines) is 1. The zero-order chi connectivity index (χ0) is 15.7. The predicted octanol–water partition coefficient (Wildman–Crippen LogP) is 3.06. The summed E-state index contributed by atoms with van der Waals surface area (Å²) in [5.41, 5.74) is 1.60. The van der Waals surface area contributed by atoms with Gasteiger partial charge in [0.25, 0.3) is 0 Å². The maximum atomic E-state index is 12.3. The summed E-state index contributed by atoms with van der Waals surface area (Å²) >= 11 is 0. The fraction of sp³-hybridized carbons (Fsp3) is 0.632. The lowest BCUT2D eigenvalue weighted by molar-refractivity contribution is -0.124. The molecule has 3 rings (SSSR count). The molecule has 0 bridgehead atoms. The zero-order valence-corrected chi connectivity index (χ0v) is 14.0. The zero-order valence-electron chi connectivity index (χ0n) is 14.0. The lowest BCUT2D eigenvalue weighted by atomic mass is 9.93. The molecular formula is C19H28N2O. The number of carbonyl (C=O) groups is 1. The third-order valence-electron chi connectivity index (χ3n) is 5.40. The van der Waals surface area contributed by atoms with Crippen LogP contribution in [0.1, 0.15) is 39.2 Å². The highest BCUT2D eigenvalue weighted by atomic mass is 16.2. The molecule has 2 aliphatic rings. The number of nitrogens with zero attached hydrogens (tertiary/aromatic N) is 1. The molecule has 1 N–H and O–H groups in total. The van der Waals surface area contributed by atoms with Crippen molar-refractivity contribution in [3.05, 3.63) is 35.9 Å². The number of amides is 1. The van der Waals surface area contributed by atoms with E-state index in [0.717, 1.165) is 32.5 Å². The number of piperidine rings is 1. The predicted molar refractivity (Wildman–Crippen MR) is 89.3 cm³/mol. The van der Waals surface area contributed by atoms with E-state index in [0.29, 0.717) is 12.0 Å². The first kappa shape index (κ1) is 15.5. The number of hydrogen-bond donors (Lipinski definition) is 1. The van der Waals surface area contributed by atoms with E-state index in [9.17, 15) is 4.79 Å². The van der Waals surface area contributed by atoms with Gasteiger partial charge in [0.1, 0.15) is 0 Å². The van der Waals surface area contributed by atoms with E-state index in [1.807, 2.05) is 0 Å². The SMILES string of the molecule is CC1CN(Cc2ccccc2)CCC1NC(=O)C1CC1(C)C.